The molecule has 0 amide bonds. The molecule has 0 saturated heterocycles. The highest BCUT2D eigenvalue weighted by molar-refractivity contribution is 9.10. The smallest absolute Gasteiger partial charge is 0.243 e. The first-order chi connectivity index (χ1) is 12.7. The number of hydrogen-bond acceptors (Lipinski definition) is 3. The highest BCUT2D eigenvalue weighted by Gasteiger charge is 2.32. The van der Waals surface area contributed by atoms with E-state index in [1.807, 2.05) is 30.7 Å². The van der Waals surface area contributed by atoms with Gasteiger partial charge in [0.2, 0.25) is 10.0 Å². The van der Waals surface area contributed by atoms with Crippen LogP contribution in [0.15, 0.2) is 64.2 Å². The van der Waals surface area contributed by atoms with Gasteiger partial charge in [-0.3, -0.25) is 0 Å². The standard InChI is InChI=1S/C19H19BrClN3O2S/c1-13-12-16(8-9-17(13)20)27(25,26)24(3)18(19-22-10-11-23(19)2)14-4-6-15(21)7-5-14/h4-12,18H,1-3H3/t18-/m0/s1. The zero-order chi connectivity index (χ0) is 19.8. The van der Waals surface area contributed by atoms with Crippen molar-refractivity contribution in [3.8, 4) is 0 Å². The second-order valence-corrected chi connectivity index (χ2v) is 9.57. The summed E-state index contributed by atoms with van der Waals surface area (Å²) in [4.78, 5) is 4.63. The Morgan fingerprint density at radius 3 is 2.41 bits per heavy atom. The molecule has 0 aliphatic rings. The Hall–Kier alpha value is -1.67. The second kappa shape index (κ2) is 7.75. The van der Waals surface area contributed by atoms with Gasteiger partial charge < -0.3 is 4.57 Å². The molecular weight excluding hydrogens is 450 g/mol. The van der Waals surface area contributed by atoms with E-state index in [0.717, 1.165) is 15.6 Å². The molecule has 0 saturated carbocycles. The predicted molar refractivity (Wildman–Crippen MR) is 110 cm³/mol. The monoisotopic (exact) mass is 467 g/mol. The first-order valence-electron chi connectivity index (χ1n) is 8.18. The maximum atomic E-state index is 13.3. The van der Waals surface area contributed by atoms with Crippen LogP contribution in [-0.4, -0.2) is 29.3 Å². The van der Waals surface area contributed by atoms with Crippen LogP contribution in [0.1, 0.15) is 23.0 Å². The van der Waals surface area contributed by atoms with E-state index in [0.29, 0.717) is 10.8 Å². The van der Waals surface area contributed by atoms with Crippen LogP contribution in [0.2, 0.25) is 5.02 Å². The number of halogens is 2. The van der Waals surface area contributed by atoms with Crippen molar-refractivity contribution in [2.75, 3.05) is 7.05 Å². The largest absolute Gasteiger partial charge is 0.336 e. The van der Waals surface area contributed by atoms with E-state index in [4.69, 9.17) is 11.6 Å². The summed E-state index contributed by atoms with van der Waals surface area (Å²) in [7, 11) is -0.339. The number of hydrogen-bond donors (Lipinski definition) is 0. The van der Waals surface area contributed by atoms with Crippen molar-refractivity contribution in [1.82, 2.24) is 13.9 Å². The van der Waals surface area contributed by atoms with E-state index >= 15 is 0 Å². The normalized spacial score (nSPS) is 13.1. The second-order valence-electron chi connectivity index (χ2n) is 6.28. The Bertz CT molecular complexity index is 1060. The molecule has 3 rings (SSSR count). The van der Waals surface area contributed by atoms with Crippen molar-refractivity contribution in [2.45, 2.75) is 17.9 Å². The summed E-state index contributed by atoms with van der Waals surface area (Å²) in [5.41, 5.74) is 1.64. The van der Waals surface area contributed by atoms with Gasteiger partial charge in [0, 0.05) is 36.0 Å². The van der Waals surface area contributed by atoms with E-state index in [2.05, 4.69) is 20.9 Å². The minimum absolute atomic E-state index is 0.235. The number of aryl methyl sites for hydroxylation is 2. The van der Waals surface area contributed by atoms with Crippen LogP contribution in [0.25, 0.3) is 0 Å². The fourth-order valence-corrected chi connectivity index (χ4v) is 4.65. The van der Waals surface area contributed by atoms with Crippen LogP contribution in [0, 0.1) is 6.92 Å². The van der Waals surface area contributed by atoms with Gasteiger partial charge in [0.05, 0.1) is 4.90 Å². The van der Waals surface area contributed by atoms with Crippen LogP contribution < -0.4 is 0 Å². The Balaban J connectivity index is 2.12. The topological polar surface area (TPSA) is 55.2 Å². The molecule has 0 radical (unpaired) electrons. The van der Waals surface area contributed by atoms with E-state index in [1.165, 1.54) is 4.31 Å². The van der Waals surface area contributed by atoms with Gasteiger partial charge >= 0.3 is 0 Å². The van der Waals surface area contributed by atoms with Gasteiger partial charge in [-0.15, -0.1) is 0 Å². The van der Waals surface area contributed by atoms with Crippen molar-refractivity contribution in [2.24, 2.45) is 7.05 Å². The molecule has 2 aromatic carbocycles. The number of sulfonamides is 1. The molecule has 0 N–H and O–H groups in total. The lowest BCUT2D eigenvalue weighted by atomic mass is 10.1. The molecule has 5 nitrogen and oxygen atoms in total. The first-order valence-corrected chi connectivity index (χ1v) is 10.8. The zero-order valence-electron chi connectivity index (χ0n) is 15.1. The third-order valence-corrected chi connectivity index (χ3v) is 7.42. The molecule has 3 aromatic rings. The number of nitrogens with zero attached hydrogens (tertiary/aromatic N) is 3. The molecule has 0 aliphatic heterocycles. The van der Waals surface area contributed by atoms with E-state index < -0.39 is 16.1 Å². The average molecular weight is 469 g/mol. The van der Waals surface area contributed by atoms with Crippen LogP contribution in [0.3, 0.4) is 0 Å². The lowest BCUT2D eigenvalue weighted by Crippen LogP contribution is -2.33. The Labute approximate surface area is 172 Å². The summed E-state index contributed by atoms with van der Waals surface area (Å²) in [6.07, 6.45) is 3.45. The van der Waals surface area contributed by atoms with Gasteiger partial charge in [0.1, 0.15) is 11.9 Å². The van der Waals surface area contributed by atoms with Crippen LogP contribution in [-0.2, 0) is 17.1 Å². The third kappa shape index (κ3) is 3.96. The summed E-state index contributed by atoms with van der Waals surface area (Å²) >= 11 is 9.43. The molecule has 0 fully saturated rings. The number of benzene rings is 2. The zero-order valence-corrected chi connectivity index (χ0v) is 18.3. The number of rotatable bonds is 5. The lowest BCUT2D eigenvalue weighted by molar-refractivity contribution is 0.398. The Morgan fingerprint density at radius 1 is 1.19 bits per heavy atom. The Kier molecular flexibility index (Phi) is 5.76. The van der Waals surface area contributed by atoms with Crippen molar-refractivity contribution in [3.05, 3.63) is 81.3 Å². The third-order valence-electron chi connectivity index (χ3n) is 4.46. The van der Waals surface area contributed by atoms with Crippen molar-refractivity contribution in [1.29, 1.82) is 0 Å². The number of imidazole rings is 1. The average Bonchev–Trinajstić information content (AvgIpc) is 3.04. The van der Waals surface area contributed by atoms with Gasteiger partial charge in [-0.25, -0.2) is 13.4 Å². The van der Waals surface area contributed by atoms with Gasteiger partial charge in [-0.2, -0.15) is 4.31 Å². The van der Waals surface area contributed by atoms with E-state index in [1.54, 1.807) is 49.8 Å². The molecule has 8 heteroatoms. The molecule has 27 heavy (non-hydrogen) atoms. The van der Waals surface area contributed by atoms with Crippen LogP contribution in [0.4, 0.5) is 0 Å². The van der Waals surface area contributed by atoms with Crippen molar-refractivity contribution in [3.63, 3.8) is 0 Å². The summed E-state index contributed by atoms with van der Waals surface area (Å²) in [5.74, 6) is 0.622. The summed E-state index contributed by atoms with van der Waals surface area (Å²) in [5, 5.41) is 0.589. The SMILES string of the molecule is Cc1cc(S(=O)(=O)N(C)[C@@H](c2ccc(Cl)cc2)c2nccn2C)ccc1Br. The highest BCUT2D eigenvalue weighted by atomic mass is 79.9. The molecule has 0 unspecified atom stereocenters. The van der Waals surface area contributed by atoms with Gasteiger partial charge in [0.15, 0.2) is 0 Å². The molecular formula is C19H19BrClN3O2S. The van der Waals surface area contributed by atoms with Gasteiger partial charge in [-0.1, -0.05) is 39.7 Å². The van der Waals surface area contributed by atoms with Crippen LogP contribution in [0.5, 0.6) is 0 Å². The molecule has 0 spiro atoms. The molecule has 0 bridgehead atoms. The predicted octanol–water partition coefficient (Wildman–Crippen LogP) is 4.55. The maximum absolute atomic E-state index is 13.3. The van der Waals surface area contributed by atoms with Crippen LogP contribution >= 0.6 is 27.5 Å². The first kappa shape index (κ1) is 20.1. The summed E-state index contributed by atoms with van der Waals surface area (Å²) < 4.78 is 30.7. The maximum Gasteiger partial charge on any atom is 0.243 e. The fraction of sp³-hybridized carbons (Fsp3) is 0.211. The van der Waals surface area contributed by atoms with E-state index in [9.17, 15) is 8.42 Å². The minimum atomic E-state index is -3.75. The fourth-order valence-electron chi connectivity index (χ4n) is 2.89. The molecule has 142 valence electrons. The Morgan fingerprint density at radius 2 is 1.85 bits per heavy atom. The van der Waals surface area contributed by atoms with Gasteiger partial charge in [-0.05, 0) is 48.4 Å². The molecule has 1 atom stereocenters. The van der Waals surface area contributed by atoms with E-state index in [-0.39, 0.29) is 4.90 Å². The quantitative estimate of drug-likeness (QED) is 0.552. The number of aromatic nitrogens is 2. The van der Waals surface area contributed by atoms with Crippen molar-refractivity contribution < 1.29 is 8.42 Å². The van der Waals surface area contributed by atoms with Crippen molar-refractivity contribution >= 4 is 37.6 Å². The lowest BCUT2D eigenvalue weighted by Gasteiger charge is -2.28. The summed E-state index contributed by atoms with van der Waals surface area (Å²) in [6, 6.07) is 11.5. The highest BCUT2D eigenvalue weighted by Crippen LogP contribution is 2.32. The van der Waals surface area contributed by atoms with Gasteiger partial charge in [0.25, 0.3) is 0 Å². The molecule has 0 aliphatic carbocycles. The molecule has 1 heterocycles. The summed E-state index contributed by atoms with van der Waals surface area (Å²) in [6.45, 7) is 1.86. The molecule has 1 aromatic heterocycles. The minimum Gasteiger partial charge on any atom is -0.336 e.